The van der Waals surface area contributed by atoms with Crippen LogP contribution in [-0.2, 0) is 6.42 Å². The molecular weight excluding hydrogens is 238 g/mol. The van der Waals surface area contributed by atoms with Gasteiger partial charge in [-0.25, -0.2) is 0 Å². The van der Waals surface area contributed by atoms with E-state index >= 15 is 0 Å². The predicted molar refractivity (Wildman–Crippen MR) is 77.5 cm³/mol. The summed E-state index contributed by atoms with van der Waals surface area (Å²) in [4.78, 5) is 14.3. The van der Waals surface area contributed by atoms with Gasteiger partial charge in [0.2, 0.25) is 0 Å². The quantitative estimate of drug-likeness (QED) is 0.827. The van der Waals surface area contributed by atoms with Crippen molar-refractivity contribution in [1.29, 1.82) is 0 Å². The summed E-state index contributed by atoms with van der Waals surface area (Å²) >= 11 is 0. The number of amides is 1. The molecule has 0 radical (unpaired) electrons. The molecule has 0 spiro atoms. The molecular formula is C15H23N3O. The van der Waals surface area contributed by atoms with Gasteiger partial charge in [-0.1, -0.05) is 19.1 Å². The summed E-state index contributed by atoms with van der Waals surface area (Å²) in [6.45, 7) is 8.00. The lowest BCUT2D eigenvalue weighted by atomic mass is 10.1. The molecule has 2 rings (SSSR count). The standard InChI is InChI=1S/C15H23N3O/c1-2-13-3-5-14(6-4-13)15(19)17-9-12-18-10-7-16-8-11-18/h3-6,16H,2,7-12H2,1H3,(H,17,19). The highest BCUT2D eigenvalue weighted by atomic mass is 16.1. The van der Waals surface area contributed by atoms with Crippen LogP contribution >= 0.6 is 0 Å². The van der Waals surface area contributed by atoms with E-state index < -0.39 is 0 Å². The van der Waals surface area contributed by atoms with Gasteiger partial charge in [-0.05, 0) is 24.1 Å². The molecule has 1 aliphatic rings. The number of nitrogens with zero attached hydrogens (tertiary/aromatic N) is 1. The Hall–Kier alpha value is -1.39. The zero-order chi connectivity index (χ0) is 13.5. The van der Waals surface area contributed by atoms with Crippen LogP contribution < -0.4 is 10.6 Å². The first-order valence-electron chi connectivity index (χ1n) is 7.10. The van der Waals surface area contributed by atoms with Crippen LogP contribution in [0.15, 0.2) is 24.3 Å². The van der Waals surface area contributed by atoms with E-state index in [9.17, 15) is 4.79 Å². The first kappa shape index (κ1) is 14.0. The van der Waals surface area contributed by atoms with Crippen LogP contribution in [0.3, 0.4) is 0 Å². The van der Waals surface area contributed by atoms with Crippen molar-refractivity contribution < 1.29 is 4.79 Å². The van der Waals surface area contributed by atoms with E-state index in [4.69, 9.17) is 0 Å². The maximum Gasteiger partial charge on any atom is 0.251 e. The SMILES string of the molecule is CCc1ccc(C(=O)NCCN2CCNCC2)cc1. The van der Waals surface area contributed by atoms with Crippen molar-refractivity contribution in [2.75, 3.05) is 39.3 Å². The third kappa shape index (κ3) is 4.33. The van der Waals surface area contributed by atoms with Gasteiger partial charge in [-0.3, -0.25) is 9.69 Å². The Morgan fingerprint density at radius 2 is 1.95 bits per heavy atom. The van der Waals surface area contributed by atoms with E-state index in [0.717, 1.165) is 44.7 Å². The number of benzene rings is 1. The molecule has 4 nitrogen and oxygen atoms in total. The Morgan fingerprint density at radius 3 is 2.58 bits per heavy atom. The molecule has 0 unspecified atom stereocenters. The summed E-state index contributed by atoms with van der Waals surface area (Å²) in [7, 11) is 0. The van der Waals surface area contributed by atoms with Crippen molar-refractivity contribution in [3.05, 3.63) is 35.4 Å². The fraction of sp³-hybridized carbons (Fsp3) is 0.533. The van der Waals surface area contributed by atoms with Crippen LogP contribution in [0.2, 0.25) is 0 Å². The smallest absolute Gasteiger partial charge is 0.251 e. The van der Waals surface area contributed by atoms with Gasteiger partial charge >= 0.3 is 0 Å². The average Bonchev–Trinajstić information content (AvgIpc) is 2.48. The van der Waals surface area contributed by atoms with Crippen LogP contribution in [0.4, 0.5) is 0 Å². The highest BCUT2D eigenvalue weighted by molar-refractivity contribution is 5.94. The molecule has 4 heteroatoms. The van der Waals surface area contributed by atoms with Crippen LogP contribution in [0.5, 0.6) is 0 Å². The zero-order valence-electron chi connectivity index (χ0n) is 11.6. The largest absolute Gasteiger partial charge is 0.351 e. The topological polar surface area (TPSA) is 44.4 Å². The van der Waals surface area contributed by atoms with Gasteiger partial charge in [0, 0.05) is 44.8 Å². The Bertz CT molecular complexity index is 396. The predicted octanol–water partition coefficient (Wildman–Crippen LogP) is 0.884. The van der Waals surface area contributed by atoms with E-state index in [2.05, 4.69) is 22.5 Å². The van der Waals surface area contributed by atoms with Crippen LogP contribution in [-0.4, -0.2) is 50.1 Å². The third-order valence-corrected chi connectivity index (χ3v) is 3.55. The molecule has 1 aliphatic heterocycles. The first-order valence-corrected chi connectivity index (χ1v) is 7.10. The fourth-order valence-electron chi connectivity index (χ4n) is 2.26. The van der Waals surface area contributed by atoms with Gasteiger partial charge in [0.25, 0.3) is 5.91 Å². The molecule has 1 fully saturated rings. The summed E-state index contributed by atoms with van der Waals surface area (Å²) < 4.78 is 0. The van der Waals surface area contributed by atoms with E-state index in [1.54, 1.807) is 0 Å². The van der Waals surface area contributed by atoms with Gasteiger partial charge in [0.05, 0.1) is 0 Å². The molecule has 1 saturated heterocycles. The lowest BCUT2D eigenvalue weighted by molar-refractivity contribution is 0.0947. The molecule has 0 aromatic heterocycles. The van der Waals surface area contributed by atoms with Crippen molar-refractivity contribution in [1.82, 2.24) is 15.5 Å². The van der Waals surface area contributed by atoms with Gasteiger partial charge < -0.3 is 10.6 Å². The highest BCUT2D eigenvalue weighted by Crippen LogP contribution is 2.04. The summed E-state index contributed by atoms with van der Waals surface area (Å²) in [5.41, 5.74) is 2.01. The second kappa shape index (κ2) is 7.26. The van der Waals surface area contributed by atoms with Crippen LogP contribution in [0.25, 0.3) is 0 Å². The number of piperazine rings is 1. The average molecular weight is 261 g/mol. The summed E-state index contributed by atoms with van der Waals surface area (Å²) in [5, 5.41) is 6.30. The van der Waals surface area contributed by atoms with E-state index in [1.807, 2.05) is 24.3 Å². The van der Waals surface area contributed by atoms with Crippen molar-refractivity contribution in [2.24, 2.45) is 0 Å². The van der Waals surface area contributed by atoms with Gasteiger partial charge in [-0.2, -0.15) is 0 Å². The third-order valence-electron chi connectivity index (χ3n) is 3.55. The molecule has 1 heterocycles. The monoisotopic (exact) mass is 261 g/mol. The molecule has 104 valence electrons. The summed E-state index contributed by atoms with van der Waals surface area (Å²) in [6, 6.07) is 7.84. The number of rotatable bonds is 5. The highest BCUT2D eigenvalue weighted by Gasteiger charge is 2.10. The van der Waals surface area contributed by atoms with Gasteiger partial charge in [0.15, 0.2) is 0 Å². The van der Waals surface area contributed by atoms with E-state index in [0.29, 0.717) is 6.54 Å². The second-order valence-electron chi connectivity index (χ2n) is 4.90. The molecule has 0 atom stereocenters. The second-order valence-corrected chi connectivity index (χ2v) is 4.90. The Morgan fingerprint density at radius 1 is 1.26 bits per heavy atom. The Labute approximate surface area is 115 Å². The number of aryl methyl sites for hydroxylation is 1. The summed E-state index contributed by atoms with van der Waals surface area (Å²) in [5.74, 6) is 0.0257. The lowest BCUT2D eigenvalue weighted by Gasteiger charge is -2.27. The molecule has 19 heavy (non-hydrogen) atoms. The van der Waals surface area contributed by atoms with Gasteiger partial charge in [-0.15, -0.1) is 0 Å². The molecule has 1 aromatic rings. The number of nitrogens with one attached hydrogen (secondary N) is 2. The van der Waals surface area contributed by atoms with E-state index in [1.165, 1.54) is 5.56 Å². The van der Waals surface area contributed by atoms with E-state index in [-0.39, 0.29) is 5.91 Å². The normalized spacial score (nSPS) is 16.3. The fourth-order valence-corrected chi connectivity index (χ4v) is 2.26. The molecule has 1 aromatic carbocycles. The number of carbonyl (C=O) groups is 1. The number of carbonyl (C=O) groups excluding carboxylic acids is 1. The minimum absolute atomic E-state index is 0.0257. The molecule has 0 saturated carbocycles. The number of hydrogen-bond donors (Lipinski definition) is 2. The lowest BCUT2D eigenvalue weighted by Crippen LogP contribution is -2.46. The minimum Gasteiger partial charge on any atom is -0.351 e. The van der Waals surface area contributed by atoms with Crippen molar-refractivity contribution >= 4 is 5.91 Å². The van der Waals surface area contributed by atoms with Crippen LogP contribution in [0.1, 0.15) is 22.8 Å². The maximum atomic E-state index is 11.9. The Kier molecular flexibility index (Phi) is 5.36. The molecule has 0 bridgehead atoms. The number of hydrogen-bond acceptors (Lipinski definition) is 3. The van der Waals surface area contributed by atoms with Crippen molar-refractivity contribution in [3.8, 4) is 0 Å². The minimum atomic E-state index is 0.0257. The van der Waals surface area contributed by atoms with Gasteiger partial charge in [0.1, 0.15) is 0 Å². The summed E-state index contributed by atoms with van der Waals surface area (Å²) in [6.07, 6.45) is 1.00. The van der Waals surface area contributed by atoms with Crippen molar-refractivity contribution in [3.63, 3.8) is 0 Å². The first-order chi connectivity index (χ1) is 9.29. The molecule has 2 N–H and O–H groups in total. The maximum absolute atomic E-state index is 11.9. The zero-order valence-corrected chi connectivity index (χ0v) is 11.6. The molecule has 1 amide bonds. The molecule has 0 aliphatic carbocycles. The van der Waals surface area contributed by atoms with Crippen LogP contribution in [0, 0.1) is 0 Å². The van der Waals surface area contributed by atoms with Crippen molar-refractivity contribution in [2.45, 2.75) is 13.3 Å². The Balaban J connectivity index is 1.73.